The number of Topliss-reactive ketones (excluding diaryl/α,β-unsaturated/α-hetero) is 2. The quantitative estimate of drug-likeness (QED) is 0.502. The van der Waals surface area contributed by atoms with Gasteiger partial charge in [0, 0.05) is 0 Å². The van der Waals surface area contributed by atoms with E-state index in [0.29, 0.717) is 6.42 Å². The molecule has 2 aliphatic carbocycles. The van der Waals surface area contributed by atoms with Gasteiger partial charge in [-0.25, -0.2) is 8.78 Å². The third-order valence-electron chi connectivity index (χ3n) is 6.37. The molecule has 26 heavy (non-hydrogen) atoms. The standard InChI is InChI=1S/C19H20F2O5/c1-18(2)9-7-8-19(18,17(25)26-3)16(24)12(9)14(22)15(23)13-10(20)5-4-6-11(13)21/h4-6,9,12,14,22H,7-8H2,1-3H3/t9-,12-,14-,19-/m1/s1. The smallest absolute Gasteiger partial charge is 0.319 e. The highest BCUT2D eigenvalue weighted by molar-refractivity contribution is 6.12. The maximum absolute atomic E-state index is 13.9. The molecule has 4 atom stereocenters. The van der Waals surface area contributed by atoms with E-state index in [9.17, 15) is 28.3 Å². The lowest BCUT2D eigenvalue weighted by Gasteiger charge is -2.33. The first-order valence-electron chi connectivity index (χ1n) is 8.40. The average Bonchev–Trinajstić information content (AvgIpc) is 2.94. The van der Waals surface area contributed by atoms with Crippen molar-refractivity contribution >= 4 is 17.5 Å². The average molecular weight is 366 g/mol. The molecule has 0 amide bonds. The van der Waals surface area contributed by atoms with Crippen molar-refractivity contribution in [1.29, 1.82) is 0 Å². The predicted molar refractivity (Wildman–Crippen MR) is 86.1 cm³/mol. The van der Waals surface area contributed by atoms with Gasteiger partial charge in [-0.05, 0) is 36.3 Å². The van der Waals surface area contributed by atoms with Crippen LogP contribution in [0.25, 0.3) is 0 Å². The summed E-state index contributed by atoms with van der Waals surface area (Å²) in [6.45, 7) is 3.45. The van der Waals surface area contributed by atoms with Crippen LogP contribution in [0.4, 0.5) is 8.78 Å². The Balaban J connectivity index is 2.02. The molecule has 2 fully saturated rings. The van der Waals surface area contributed by atoms with E-state index < -0.39 is 63.5 Å². The normalized spacial score (nSPS) is 30.3. The Hall–Kier alpha value is -2.15. The Morgan fingerprint density at radius 2 is 1.85 bits per heavy atom. The molecule has 2 bridgehead atoms. The van der Waals surface area contributed by atoms with Crippen LogP contribution in [0.2, 0.25) is 0 Å². The number of hydrogen-bond donors (Lipinski definition) is 1. The molecule has 1 aromatic carbocycles. The minimum Gasteiger partial charge on any atom is -0.468 e. The Kier molecular flexibility index (Phi) is 4.26. The first-order valence-corrected chi connectivity index (χ1v) is 8.40. The second-order valence-corrected chi connectivity index (χ2v) is 7.56. The number of halogens is 2. The number of carbonyl (C=O) groups is 3. The molecule has 0 aromatic heterocycles. The monoisotopic (exact) mass is 366 g/mol. The molecular weight excluding hydrogens is 346 g/mol. The summed E-state index contributed by atoms with van der Waals surface area (Å²) in [6, 6.07) is 2.92. The van der Waals surface area contributed by atoms with E-state index >= 15 is 0 Å². The van der Waals surface area contributed by atoms with Gasteiger partial charge in [-0.3, -0.25) is 14.4 Å². The summed E-state index contributed by atoms with van der Waals surface area (Å²) < 4.78 is 32.7. The molecule has 140 valence electrons. The largest absolute Gasteiger partial charge is 0.468 e. The predicted octanol–water partition coefficient (Wildman–Crippen LogP) is 2.30. The van der Waals surface area contributed by atoms with Gasteiger partial charge in [0.2, 0.25) is 0 Å². The Labute approximate surface area is 149 Å². The molecule has 0 unspecified atom stereocenters. The van der Waals surface area contributed by atoms with Crippen molar-refractivity contribution in [2.45, 2.75) is 32.8 Å². The third kappa shape index (κ3) is 2.13. The number of ketones is 2. The van der Waals surface area contributed by atoms with E-state index in [2.05, 4.69) is 0 Å². The van der Waals surface area contributed by atoms with Crippen molar-refractivity contribution in [2.75, 3.05) is 7.11 Å². The van der Waals surface area contributed by atoms with Gasteiger partial charge in [-0.15, -0.1) is 0 Å². The summed E-state index contributed by atoms with van der Waals surface area (Å²) in [5, 5.41) is 10.6. The van der Waals surface area contributed by atoms with Crippen LogP contribution < -0.4 is 0 Å². The molecule has 0 heterocycles. The van der Waals surface area contributed by atoms with E-state index in [-0.39, 0.29) is 6.42 Å². The van der Waals surface area contributed by atoms with Crippen LogP contribution in [-0.2, 0) is 14.3 Å². The molecule has 2 saturated carbocycles. The summed E-state index contributed by atoms with van der Waals surface area (Å²) in [6.07, 6.45) is -1.23. The van der Waals surface area contributed by atoms with Crippen molar-refractivity contribution in [2.24, 2.45) is 22.7 Å². The summed E-state index contributed by atoms with van der Waals surface area (Å²) in [5.74, 6) is -6.37. The van der Waals surface area contributed by atoms with Crippen LogP contribution in [0.15, 0.2) is 18.2 Å². The zero-order valence-corrected chi connectivity index (χ0v) is 14.7. The van der Waals surface area contributed by atoms with Gasteiger partial charge in [0.25, 0.3) is 0 Å². The number of methoxy groups -OCH3 is 1. The van der Waals surface area contributed by atoms with E-state index in [1.165, 1.54) is 7.11 Å². The number of rotatable bonds is 4. The first kappa shape index (κ1) is 18.6. The van der Waals surface area contributed by atoms with Crippen LogP contribution in [0, 0.1) is 34.3 Å². The molecule has 2 aliphatic rings. The molecule has 1 N–H and O–H groups in total. The number of aliphatic hydroxyl groups excluding tert-OH is 1. The molecule has 5 nitrogen and oxygen atoms in total. The fraction of sp³-hybridized carbons (Fsp3) is 0.526. The van der Waals surface area contributed by atoms with Crippen LogP contribution >= 0.6 is 0 Å². The Morgan fingerprint density at radius 3 is 2.38 bits per heavy atom. The van der Waals surface area contributed by atoms with Crippen molar-refractivity contribution in [3.8, 4) is 0 Å². The third-order valence-corrected chi connectivity index (χ3v) is 6.37. The highest BCUT2D eigenvalue weighted by Gasteiger charge is 2.74. The second-order valence-electron chi connectivity index (χ2n) is 7.56. The van der Waals surface area contributed by atoms with Crippen molar-refractivity contribution in [3.63, 3.8) is 0 Å². The van der Waals surface area contributed by atoms with E-state index in [1.54, 1.807) is 13.8 Å². The van der Waals surface area contributed by atoms with Gasteiger partial charge >= 0.3 is 5.97 Å². The Morgan fingerprint density at radius 1 is 1.27 bits per heavy atom. The lowest BCUT2D eigenvalue weighted by Crippen LogP contribution is -2.47. The zero-order chi connectivity index (χ0) is 19.4. The van der Waals surface area contributed by atoms with Crippen LogP contribution in [0.5, 0.6) is 0 Å². The van der Waals surface area contributed by atoms with Gasteiger partial charge in [-0.2, -0.15) is 0 Å². The summed E-state index contributed by atoms with van der Waals surface area (Å²) in [4.78, 5) is 38.0. The van der Waals surface area contributed by atoms with Gasteiger partial charge in [0.15, 0.2) is 11.6 Å². The molecule has 0 aliphatic heterocycles. The number of benzene rings is 1. The zero-order valence-electron chi connectivity index (χ0n) is 14.7. The number of aliphatic hydroxyl groups is 1. The summed E-state index contributed by atoms with van der Waals surface area (Å²) >= 11 is 0. The first-order chi connectivity index (χ1) is 12.1. The highest BCUT2D eigenvalue weighted by atomic mass is 19.1. The van der Waals surface area contributed by atoms with E-state index in [1.807, 2.05) is 0 Å². The second kappa shape index (κ2) is 5.94. The fourth-order valence-corrected chi connectivity index (χ4v) is 4.96. The molecular formula is C19H20F2O5. The van der Waals surface area contributed by atoms with Gasteiger partial charge in [-0.1, -0.05) is 19.9 Å². The van der Waals surface area contributed by atoms with Crippen molar-refractivity contribution < 1.29 is 33.0 Å². The highest BCUT2D eigenvalue weighted by Crippen LogP contribution is 2.67. The Bertz CT molecular complexity index is 783. The lowest BCUT2D eigenvalue weighted by molar-refractivity contribution is -0.162. The molecule has 0 spiro atoms. The molecule has 3 rings (SSSR count). The number of carbonyl (C=O) groups excluding carboxylic acids is 3. The van der Waals surface area contributed by atoms with Gasteiger partial charge in [0.1, 0.15) is 23.2 Å². The number of ether oxygens (including phenoxy) is 1. The van der Waals surface area contributed by atoms with Crippen molar-refractivity contribution in [3.05, 3.63) is 35.4 Å². The summed E-state index contributed by atoms with van der Waals surface area (Å²) in [7, 11) is 1.18. The summed E-state index contributed by atoms with van der Waals surface area (Å²) in [5.41, 5.74) is -3.16. The van der Waals surface area contributed by atoms with Crippen LogP contribution in [0.3, 0.4) is 0 Å². The maximum atomic E-state index is 13.9. The molecule has 0 saturated heterocycles. The number of hydrogen-bond acceptors (Lipinski definition) is 5. The van der Waals surface area contributed by atoms with Gasteiger partial charge < -0.3 is 9.84 Å². The molecule has 1 aromatic rings. The van der Waals surface area contributed by atoms with Crippen LogP contribution in [-0.4, -0.2) is 35.9 Å². The number of fused-ring (bicyclic) bond motifs is 2. The lowest BCUT2D eigenvalue weighted by atomic mass is 9.69. The fourth-order valence-electron chi connectivity index (χ4n) is 4.96. The maximum Gasteiger partial charge on any atom is 0.319 e. The molecule has 0 radical (unpaired) electrons. The van der Waals surface area contributed by atoms with E-state index in [0.717, 1.165) is 18.2 Å². The topological polar surface area (TPSA) is 80.7 Å². The van der Waals surface area contributed by atoms with Crippen LogP contribution in [0.1, 0.15) is 37.0 Å². The minimum absolute atomic E-state index is 0.266. The SMILES string of the molecule is COC(=O)[C@@]12CC[C@H]([C@H]([C@@H](O)C(=O)c3c(F)cccc3F)C1=O)C2(C)C. The van der Waals surface area contributed by atoms with Crippen molar-refractivity contribution in [1.82, 2.24) is 0 Å². The molecule has 7 heteroatoms. The van der Waals surface area contributed by atoms with E-state index in [4.69, 9.17) is 4.74 Å². The number of esters is 1. The van der Waals surface area contributed by atoms with Gasteiger partial charge in [0.05, 0.1) is 18.6 Å². The minimum atomic E-state index is -1.93.